The van der Waals surface area contributed by atoms with Crippen LogP contribution >= 0.6 is 23.1 Å². The van der Waals surface area contributed by atoms with Crippen LogP contribution in [0.4, 0.5) is 17.1 Å². The number of anilines is 2. The standard InChI is InChI=1S/C28H20N4O4S2/c33-26(29-21-10-6-19(7-11-21)18-4-2-1-3-5-18)17-37-28-31-24-15-12-22(16-25(24)38-28)30-27(34)20-8-13-23(14-9-20)32(35)36/h1-16H,17H2,(H,29,33)(H,30,34). The number of aromatic nitrogens is 1. The fourth-order valence-electron chi connectivity index (χ4n) is 3.68. The predicted molar refractivity (Wildman–Crippen MR) is 152 cm³/mol. The fourth-order valence-corrected chi connectivity index (χ4v) is 5.59. The number of carbonyl (C=O) groups excluding carboxylic acids is 2. The summed E-state index contributed by atoms with van der Waals surface area (Å²) in [6.07, 6.45) is 0. The molecular weight excluding hydrogens is 520 g/mol. The van der Waals surface area contributed by atoms with E-state index in [1.54, 1.807) is 12.1 Å². The molecule has 4 aromatic carbocycles. The summed E-state index contributed by atoms with van der Waals surface area (Å²) in [6, 6.07) is 28.5. The van der Waals surface area contributed by atoms with Crippen LogP contribution in [0, 0.1) is 10.1 Å². The van der Waals surface area contributed by atoms with Gasteiger partial charge in [0.15, 0.2) is 4.34 Å². The number of nitro benzene ring substituents is 1. The van der Waals surface area contributed by atoms with E-state index in [2.05, 4.69) is 15.6 Å². The molecule has 0 spiro atoms. The van der Waals surface area contributed by atoms with Gasteiger partial charge in [-0.15, -0.1) is 11.3 Å². The third kappa shape index (κ3) is 6.05. The molecule has 0 aliphatic carbocycles. The summed E-state index contributed by atoms with van der Waals surface area (Å²) in [5.41, 5.74) is 4.51. The highest BCUT2D eigenvalue weighted by molar-refractivity contribution is 8.01. The molecule has 5 rings (SSSR count). The Morgan fingerprint density at radius 3 is 2.24 bits per heavy atom. The lowest BCUT2D eigenvalue weighted by Crippen LogP contribution is -2.13. The van der Waals surface area contributed by atoms with Crippen molar-refractivity contribution in [2.75, 3.05) is 16.4 Å². The molecule has 10 heteroatoms. The van der Waals surface area contributed by atoms with Crippen molar-refractivity contribution in [1.82, 2.24) is 4.98 Å². The second-order valence-electron chi connectivity index (χ2n) is 8.20. The number of fused-ring (bicyclic) bond motifs is 1. The zero-order chi connectivity index (χ0) is 26.5. The van der Waals surface area contributed by atoms with Crippen molar-refractivity contribution in [3.05, 3.63) is 113 Å². The topological polar surface area (TPSA) is 114 Å². The van der Waals surface area contributed by atoms with E-state index in [4.69, 9.17) is 0 Å². The van der Waals surface area contributed by atoms with Crippen molar-refractivity contribution in [3.63, 3.8) is 0 Å². The van der Waals surface area contributed by atoms with Gasteiger partial charge in [-0.3, -0.25) is 19.7 Å². The second kappa shape index (κ2) is 11.2. The number of thiazole rings is 1. The third-order valence-corrected chi connectivity index (χ3v) is 7.73. The van der Waals surface area contributed by atoms with Gasteiger partial charge in [0.1, 0.15) is 0 Å². The monoisotopic (exact) mass is 540 g/mol. The van der Waals surface area contributed by atoms with Crippen molar-refractivity contribution in [3.8, 4) is 11.1 Å². The Labute approximate surface area is 225 Å². The lowest BCUT2D eigenvalue weighted by molar-refractivity contribution is -0.384. The van der Waals surface area contributed by atoms with Gasteiger partial charge in [-0.25, -0.2) is 4.98 Å². The average molecular weight is 541 g/mol. The number of carbonyl (C=O) groups is 2. The molecule has 8 nitrogen and oxygen atoms in total. The summed E-state index contributed by atoms with van der Waals surface area (Å²) < 4.78 is 1.61. The van der Waals surface area contributed by atoms with Gasteiger partial charge >= 0.3 is 0 Å². The van der Waals surface area contributed by atoms with Crippen LogP contribution < -0.4 is 10.6 Å². The summed E-state index contributed by atoms with van der Waals surface area (Å²) in [5, 5.41) is 16.5. The maximum absolute atomic E-state index is 12.5. The van der Waals surface area contributed by atoms with E-state index in [0.29, 0.717) is 11.3 Å². The first kappa shape index (κ1) is 25.1. The molecule has 0 saturated carbocycles. The van der Waals surface area contributed by atoms with Crippen molar-refractivity contribution in [2.24, 2.45) is 0 Å². The van der Waals surface area contributed by atoms with E-state index in [1.165, 1.54) is 47.4 Å². The summed E-state index contributed by atoms with van der Waals surface area (Å²) >= 11 is 2.78. The number of amides is 2. The Kier molecular flexibility index (Phi) is 7.43. The Bertz CT molecular complexity index is 1620. The number of thioether (sulfide) groups is 1. The summed E-state index contributed by atoms with van der Waals surface area (Å²) in [5.74, 6) is -0.283. The van der Waals surface area contributed by atoms with Gasteiger partial charge in [-0.1, -0.05) is 54.2 Å². The highest BCUT2D eigenvalue weighted by atomic mass is 32.2. The molecule has 38 heavy (non-hydrogen) atoms. The molecule has 2 N–H and O–H groups in total. The lowest BCUT2D eigenvalue weighted by Gasteiger charge is -2.06. The quantitative estimate of drug-likeness (QED) is 0.126. The van der Waals surface area contributed by atoms with Crippen LogP contribution in [0.15, 0.2) is 101 Å². The van der Waals surface area contributed by atoms with E-state index in [9.17, 15) is 19.7 Å². The van der Waals surface area contributed by atoms with Crippen LogP contribution in [-0.2, 0) is 4.79 Å². The van der Waals surface area contributed by atoms with E-state index < -0.39 is 4.92 Å². The van der Waals surface area contributed by atoms with E-state index in [0.717, 1.165) is 31.4 Å². The van der Waals surface area contributed by atoms with Crippen molar-refractivity contribution in [2.45, 2.75) is 4.34 Å². The molecule has 2 amide bonds. The summed E-state index contributed by atoms with van der Waals surface area (Å²) in [4.78, 5) is 39.9. The molecule has 1 aromatic heterocycles. The smallest absolute Gasteiger partial charge is 0.269 e. The molecule has 0 bridgehead atoms. The molecule has 0 aliphatic rings. The van der Waals surface area contributed by atoms with Crippen LogP contribution in [0.2, 0.25) is 0 Å². The summed E-state index contributed by atoms with van der Waals surface area (Å²) in [6.45, 7) is 0. The van der Waals surface area contributed by atoms with E-state index >= 15 is 0 Å². The number of non-ortho nitro benzene ring substituents is 1. The van der Waals surface area contributed by atoms with Crippen LogP contribution in [0.3, 0.4) is 0 Å². The minimum absolute atomic E-state index is 0.0766. The van der Waals surface area contributed by atoms with Gasteiger partial charge in [0.25, 0.3) is 11.6 Å². The lowest BCUT2D eigenvalue weighted by atomic mass is 10.1. The number of rotatable bonds is 8. The molecule has 5 aromatic rings. The number of nitrogens with zero attached hydrogens (tertiary/aromatic N) is 2. The van der Waals surface area contributed by atoms with E-state index in [1.807, 2.05) is 60.7 Å². The highest BCUT2D eigenvalue weighted by Crippen LogP contribution is 2.31. The minimum Gasteiger partial charge on any atom is -0.325 e. The SMILES string of the molecule is O=C(CSc1nc2ccc(NC(=O)c3ccc([N+](=O)[O-])cc3)cc2s1)Nc1ccc(-c2ccccc2)cc1. The molecule has 1 heterocycles. The Hall–Kier alpha value is -4.54. The van der Waals surface area contributed by atoms with Gasteiger partial charge in [-0.05, 0) is 53.6 Å². The summed E-state index contributed by atoms with van der Waals surface area (Å²) in [7, 11) is 0. The van der Waals surface area contributed by atoms with Gasteiger partial charge < -0.3 is 10.6 Å². The average Bonchev–Trinajstić information content (AvgIpc) is 3.35. The first-order valence-electron chi connectivity index (χ1n) is 11.5. The fraction of sp³-hybridized carbons (Fsp3) is 0.0357. The van der Waals surface area contributed by atoms with Crippen LogP contribution in [-0.4, -0.2) is 27.5 Å². The van der Waals surface area contributed by atoms with Gasteiger partial charge in [0.2, 0.25) is 5.91 Å². The van der Waals surface area contributed by atoms with Crippen LogP contribution in [0.5, 0.6) is 0 Å². The highest BCUT2D eigenvalue weighted by Gasteiger charge is 2.12. The zero-order valence-corrected chi connectivity index (χ0v) is 21.4. The number of hydrogen-bond acceptors (Lipinski definition) is 7. The van der Waals surface area contributed by atoms with Gasteiger partial charge in [0.05, 0.1) is 20.9 Å². The predicted octanol–water partition coefficient (Wildman–Crippen LogP) is 6.85. The Balaban J connectivity index is 1.17. The number of hydrogen-bond donors (Lipinski definition) is 2. The van der Waals surface area contributed by atoms with Crippen LogP contribution in [0.25, 0.3) is 21.3 Å². The molecular formula is C28H20N4O4S2. The Morgan fingerprint density at radius 1 is 0.842 bits per heavy atom. The second-order valence-corrected chi connectivity index (χ2v) is 10.5. The first-order valence-corrected chi connectivity index (χ1v) is 13.3. The van der Waals surface area contributed by atoms with Crippen molar-refractivity contribution < 1.29 is 14.5 Å². The molecule has 0 atom stereocenters. The van der Waals surface area contributed by atoms with Crippen molar-refractivity contribution >= 4 is 62.2 Å². The maximum atomic E-state index is 12.5. The third-order valence-electron chi connectivity index (χ3n) is 5.57. The molecule has 0 fully saturated rings. The molecule has 0 aliphatic heterocycles. The van der Waals surface area contributed by atoms with Crippen molar-refractivity contribution in [1.29, 1.82) is 0 Å². The maximum Gasteiger partial charge on any atom is 0.269 e. The first-order chi connectivity index (χ1) is 18.4. The number of nitrogens with one attached hydrogen (secondary N) is 2. The van der Waals surface area contributed by atoms with E-state index in [-0.39, 0.29) is 23.3 Å². The normalized spacial score (nSPS) is 10.7. The molecule has 0 unspecified atom stereocenters. The minimum atomic E-state index is -0.512. The molecule has 0 radical (unpaired) electrons. The largest absolute Gasteiger partial charge is 0.325 e. The molecule has 188 valence electrons. The zero-order valence-electron chi connectivity index (χ0n) is 19.8. The number of benzene rings is 4. The van der Waals surface area contributed by atoms with Gasteiger partial charge in [-0.2, -0.15) is 0 Å². The Morgan fingerprint density at radius 2 is 1.53 bits per heavy atom. The molecule has 0 saturated heterocycles. The van der Waals surface area contributed by atoms with Crippen LogP contribution in [0.1, 0.15) is 10.4 Å². The van der Waals surface area contributed by atoms with Gasteiger partial charge in [0, 0.05) is 29.1 Å². The number of nitro groups is 1.